The molecule has 0 spiro atoms. The SMILES string of the molecule is O=S(=O)=S1C(Cl)=CC=C1Cl. The van der Waals surface area contributed by atoms with Crippen molar-refractivity contribution in [3.63, 3.8) is 0 Å². The van der Waals surface area contributed by atoms with Crippen LogP contribution >= 0.6 is 23.2 Å². The molecule has 2 nitrogen and oxygen atoms in total. The number of allylic oxidation sites excluding steroid dienone is 2. The number of halogens is 2. The summed E-state index contributed by atoms with van der Waals surface area (Å²) in [6, 6.07) is 0. The van der Waals surface area contributed by atoms with Crippen LogP contribution in [-0.2, 0) is 18.7 Å². The van der Waals surface area contributed by atoms with E-state index >= 15 is 0 Å². The smallest absolute Gasteiger partial charge is 0.177 e. The Balaban J connectivity index is 3.37. The van der Waals surface area contributed by atoms with Gasteiger partial charge in [0.2, 0.25) is 0 Å². The van der Waals surface area contributed by atoms with Crippen molar-refractivity contribution >= 4 is 41.9 Å². The molecular formula is C4H2Cl2O2S2. The molecule has 0 saturated heterocycles. The Morgan fingerprint density at radius 1 is 1.20 bits per heavy atom. The van der Waals surface area contributed by atoms with E-state index in [4.69, 9.17) is 23.2 Å². The molecule has 0 N–H and O–H groups in total. The van der Waals surface area contributed by atoms with E-state index in [9.17, 15) is 8.42 Å². The van der Waals surface area contributed by atoms with Crippen molar-refractivity contribution in [3.05, 3.63) is 20.9 Å². The predicted octanol–water partition coefficient (Wildman–Crippen LogP) is 1.57. The van der Waals surface area contributed by atoms with Crippen LogP contribution in [-0.4, -0.2) is 8.42 Å². The Bertz CT molecular complexity index is 321. The van der Waals surface area contributed by atoms with Gasteiger partial charge in [-0.1, -0.05) is 23.2 Å². The quantitative estimate of drug-likeness (QED) is 0.617. The Labute approximate surface area is 71.3 Å². The summed E-state index contributed by atoms with van der Waals surface area (Å²) in [4.78, 5) is 0. The van der Waals surface area contributed by atoms with E-state index in [1.54, 1.807) is 0 Å². The van der Waals surface area contributed by atoms with Crippen molar-refractivity contribution in [2.24, 2.45) is 0 Å². The van der Waals surface area contributed by atoms with E-state index in [2.05, 4.69) is 0 Å². The van der Waals surface area contributed by atoms with E-state index in [0.29, 0.717) is 0 Å². The van der Waals surface area contributed by atoms with E-state index in [1.807, 2.05) is 0 Å². The van der Waals surface area contributed by atoms with Crippen LogP contribution in [0.15, 0.2) is 20.9 Å². The van der Waals surface area contributed by atoms with Crippen molar-refractivity contribution < 1.29 is 8.42 Å². The molecule has 0 amide bonds. The van der Waals surface area contributed by atoms with Crippen LogP contribution in [0, 0.1) is 0 Å². The Morgan fingerprint density at radius 2 is 1.60 bits per heavy atom. The average Bonchev–Trinajstić information content (AvgIpc) is 2.11. The van der Waals surface area contributed by atoms with Crippen molar-refractivity contribution in [1.82, 2.24) is 0 Å². The Kier molecular flexibility index (Phi) is 2.57. The maximum absolute atomic E-state index is 10.4. The average molecular weight is 217 g/mol. The summed E-state index contributed by atoms with van der Waals surface area (Å²) in [6.45, 7) is 0. The van der Waals surface area contributed by atoms with Gasteiger partial charge in [0.1, 0.15) is 0 Å². The predicted molar refractivity (Wildman–Crippen MR) is 44.2 cm³/mol. The van der Waals surface area contributed by atoms with Crippen molar-refractivity contribution in [1.29, 1.82) is 0 Å². The third-order valence-electron chi connectivity index (χ3n) is 0.836. The minimum Gasteiger partial charge on any atom is -0.177 e. The van der Waals surface area contributed by atoms with Gasteiger partial charge in [-0.05, 0) is 12.2 Å². The highest BCUT2D eigenvalue weighted by molar-refractivity contribution is 8.39. The van der Waals surface area contributed by atoms with E-state index in [1.165, 1.54) is 12.2 Å². The van der Waals surface area contributed by atoms with Gasteiger partial charge in [0.15, 0.2) is 0 Å². The van der Waals surface area contributed by atoms with Gasteiger partial charge >= 0.3 is 0 Å². The first-order valence-corrected chi connectivity index (χ1v) is 5.77. The first-order valence-electron chi connectivity index (χ1n) is 2.20. The molecule has 0 radical (unpaired) electrons. The highest BCUT2D eigenvalue weighted by atomic mass is 35.5. The molecule has 0 saturated carbocycles. The monoisotopic (exact) mass is 216 g/mol. The summed E-state index contributed by atoms with van der Waals surface area (Å²) in [6.07, 6.45) is 2.98. The molecule has 1 aliphatic heterocycles. The minimum atomic E-state index is -2.22. The minimum absolute atomic E-state index is 0.276. The zero-order chi connectivity index (χ0) is 7.72. The summed E-state index contributed by atoms with van der Waals surface area (Å²) >= 11 is 11.0. The summed E-state index contributed by atoms with van der Waals surface area (Å²) in [5.41, 5.74) is 0. The Morgan fingerprint density at radius 3 is 1.80 bits per heavy atom. The summed E-state index contributed by atoms with van der Waals surface area (Å²) in [5, 5.41) is 0. The lowest BCUT2D eigenvalue weighted by atomic mass is 10.6. The second-order valence-corrected chi connectivity index (χ2v) is 6.32. The molecule has 0 unspecified atom stereocenters. The summed E-state index contributed by atoms with van der Waals surface area (Å²) in [7, 11) is -3.32. The molecular weight excluding hydrogens is 215 g/mol. The number of hydrogen-bond acceptors (Lipinski definition) is 2. The van der Waals surface area contributed by atoms with Gasteiger partial charge in [-0.25, -0.2) is 0 Å². The fourth-order valence-corrected chi connectivity index (χ4v) is 4.09. The highest BCUT2D eigenvalue weighted by Crippen LogP contribution is 2.26. The van der Waals surface area contributed by atoms with Gasteiger partial charge in [0.05, 0.1) is 8.73 Å². The second kappa shape index (κ2) is 3.09. The second-order valence-electron chi connectivity index (χ2n) is 1.41. The van der Waals surface area contributed by atoms with Gasteiger partial charge in [0.25, 0.3) is 9.26 Å². The van der Waals surface area contributed by atoms with Crippen LogP contribution in [0.3, 0.4) is 0 Å². The van der Waals surface area contributed by atoms with Crippen LogP contribution in [0.4, 0.5) is 0 Å². The van der Waals surface area contributed by atoms with Gasteiger partial charge < -0.3 is 0 Å². The lowest BCUT2D eigenvalue weighted by Gasteiger charge is -1.89. The topological polar surface area (TPSA) is 34.1 Å². The molecule has 0 atom stereocenters. The number of hydrogen-bond donors (Lipinski definition) is 0. The summed E-state index contributed by atoms with van der Waals surface area (Å²) in [5.74, 6) is 0. The van der Waals surface area contributed by atoms with Crippen LogP contribution < -0.4 is 0 Å². The largest absolute Gasteiger partial charge is 0.251 e. The molecule has 0 aliphatic carbocycles. The zero-order valence-electron chi connectivity index (χ0n) is 4.54. The summed E-state index contributed by atoms with van der Waals surface area (Å²) < 4.78 is 21.3. The van der Waals surface area contributed by atoms with Crippen LogP contribution in [0.1, 0.15) is 0 Å². The standard InChI is InChI=1S/C4H2Cl2O2S2/c5-3-1-2-4(6)9(3)10(7)8/h1-2H. The molecule has 56 valence electrons. The maximum Gasteiger partial charge on any atom is 0.251 e. The van der Waals surface area contributed by atoms with Crippen LogP contribution in [0.25, 0.3) is 0 Å². The van der Waals surface area contributed by atoms with Crippen LogP contribution in [0.2, 0.25) is 0 Å². The zero-order valence-corrected chi connectivity index (χ0v) is 7.69. The third-order valence-corrected chi connectivity index (χ3v) is 5.71. The first kappa shape index (κ1) is 8.33. The highest BCUT2D eigenvalue weighted by Gasteiger charge is 2.12. The third kappa shape index (κ3) is 1.45. The van der Waals surface area contributed by atoms with Crippen molar-refractivity contribution in [3.8, 4) is 0 Å². The Hall–Kier alpha value is 0.230. The molecule has 6 heteroatoms. The fraction of sp³-hybridized carbons (Fsp3) is 0. The molecule has 10 heavy (non-hydrogen) atoms. The van der Waals surface area contributed by atoms with Gasteiger partial charge in [-0.3, -0.25) is 0 Å². The molecule has 0 fully saturated rings. The van der Waals surface area contributed by atoms with E-state index in [0.717, 1.165) is 0 Å². The lowest BCUT2D eigenvalue weighted by Crippen LogP contribution is -1.83. The van der Waals surface area contributed by atoms with Gasteiger partial charge in [-0.2, -0.15) is 8.42 Å². The van der Waals surface area contributed by atoms with Gasteiger partial charge in [-0.15, -0.1) is 0 Å². The fourth-order valence-electron chi connectivity index (χ4n) is 0.478. The van der Waals surface area contributed by atoms with Crippen molar-refractivity contribution in [2.75, 3.05) is 0 Å². The molecule has 0 aromatic carbocycles. The maximum atomic E-state index is 10.4. The van der Waals surface area contributed by atoms with Crippen molar-refractivity contribution in [2.45, 2.75) is 0 Å². The molecule has 0 bridgehead atoms. The normalized spacial score (nSPS) is 18.6. The van der Waals surface area contributed by atoms with E-state index < -0.39 is 18.7 Å². The first-order chi connectivity index (χ1) is 4.63. The van der Waals surface area contributed by atoms with E-state index in [-0.39, 0.29) is 8.73 Å². The molecule has 1 aliphatic rings. The van der Waals surface area contributed by atoms with Gasteiger partial charge in [0, 0.05) is 9.45 Å². The molecule has 1 rings (SSSR count). The van der Waals surface area contributed by atoms with Crippen LogP contribution in [0.5, 0.6) is 0 Å². The molecule has 1 heterocycles. The molecule has 0 aromatic rings. The molecule has 0 aromatic heterocycles. The lowest BCUT2D eigenvalue weighted by molar-refractivity contribution is 0.628. The number of rotatable bonds is 0.